The van der Waals surface area contributed by atoms with Crippen molar-refractivity contribution in [1.29, 1.82) is 0 Å². The largest absolute Gasteiger partial charge is 0.508 e. The van der Waals surface area contributed by atoms with E-state index >= 15 is 8.78 Å². The van der Waals surface area contributed by atoms with Gasteiger partial charge in [-0.05, 0) is 119 Å². The molecule has 5 aliphatic heterocycles. The molecule has 0 amide bonds. The van der Waals surface area contributed by atoms with Crippen molar-refractivity contribution in [2.45, 2.75) is 88.4 Å². The number of terminal acetylenes is 2. The van der Waals surface area contributed by atoms with E-state index in [4.69, 9.17) is 51.2 Å². The number of pyridine rings is 2. The van der Waals surface area contributed by atoms with Crippen molar-refractivity contribution in [2.75, 3.05) is 123 Å². The molecular formula is C70H73F5N10O9. The molecule has 24 heteroatoms. The number of anilines is 2. The van der Waals surface area contributed by atoms with Gasteiger partial charge in [0.05, 0.1) is 63.9 Å². The summed E-state index contributed by atoms with van der Waals surface area (Å²) in [5.41, 5.74) is -2.29. The van der Waals surface area contributed by atoms with Crippen LogP contribution in [0, 0.1) is 53.4 Å². The molecule has 3 atom stereocenters. The Hall–Kier alpha value is -8.65. The van der Waals surface area contributed by atoms with Crippen LogP contribution in [0.1, 0.15) is 82.3 Å². The van der Waals surface area contributed by atoms with Crippen molar-refractivity contribution in [1.82, 2.24) is 39.7 Å². The van der Waals surface area contributed by atoms with E-state index in [1.54, 1.807) is 11.8 Å². The van der Waals surface area contributed by atoms with Crippen LogP contribution in [0.3, 0.4) is 0 Å². The number of β-amino-alcohol motifs (C(OH)–C–C–N with tert-alkyl or cyclic N) is 1. The molecule has 6 fully saturated rings. The summed E-state index contributed by atoms with van der Waals surface area (Å²) in [7, 11) is 2.81. The van der Waals surface area contributed by atoms with Gasteiger partial charge in [-0.25, -0.2) is 31.9 Å². The van der Waals surface area contributed by atoms with Crippen LogP contribution in [0.5, 0.6) is 35.3 Å². The molecule has 3 unspecified atom stereocenters. The predicted molar refractivity (Wildman–Crippen MR) is 345 cm³/mol. The zero-order valence-corrected chi connectivity index (χ0v) is 52.7. The fourth-order valence-corrected chi connectivity index (χ4v) is 14.2. The molecule has 1 aliphatic carbocycles. The van der Waals surface area contributed by atoms with Gasteiger partial charge in [-0.3, -0.25) is 9.80 Å². The number of phenolic OH excluding ortho intramolecular Hbond substituents is 2. The number of aromatic nitrogens is 6. The third-order valence-corrected chi connectivity index (χ3v) is 19.0. The number of ether oxygens (including phenoxy) is 6. The fraction of sp³-hybridized carbons (Fsp3) is 0.457. The Morgan fingerprint density at radius 1 is 0.617 bits per heavy atom. The molecule has 0 spiro atoms. The van der Waals surface area contributed by atoms with Gasteiger partial charge in [0.2, 0.25) is 11.8 Å². The smallest absolute Gasteiger partial charge is 0.319 e. The number of aliphatic hydroxyl groups is 1. The monoisotopic (exact) mass is 1290 g/mol. The van der Waals surface area contributed by atoms with Crippen molar-refractivity contribution in [3.05, 3.63) is 82.9 Å². The number of alkyl halides is 1. The summed E-state index contributed by atoms with van der Waals surface area (Å²) < 4.78 is 113. The molecule has 4 aromatic carbocycles. The Morgan fingerprint density at radius 2 is 1.18 bits per heavy atom. The van der Waals surface area contributed by atoms with E-state index in [1.807, 2.05) is 4.90 Å². The molecular weight excluding hydrogens is 1220 g/mol. The molecule has 14 rings (SSSR count). The highest BCUT2D eigenvalue weighted by Crippen LogP contribution is 2.49. The van der Waals surface area contributed by atoms with Gasteiger partial charge in [0, 0.05) is 73.2 Å². The zero-order valence-electron chi connectivity index (χ0n) is 52.7. The number of nitrogens with zero attached hydrogens (tertiary/aromatic N) is 10. The van der Waals surface area contributed by atoms with E-state index in [0.29, 0.717) is 87.5 Å². The molecule has 19 nitrogen and oxygen atoms in total. The maximum absolute atomic E-state index is 17.0. The normalized spacial score (nSPS) is 21.6. The van der Waals surface area contributed by atoms with Crippen LogP contribution in [0.25, 0.3) is 65.9 Å². The maximum Gasteiger partial charge on any atom is 0.319 e. The van der Waals surface area contributed by atoms with Gasteiger partial charge >= 0.3 is 12.0 Å². The molecule has 0 radical (unpaired) electrons. The van der Waals surface area contributed by atoms with E-state index in [9.17, 15) is 28.5 Å². The summed E-state index contributed by atoms with van der Waals surface area (Å²) in [5.74, 6) is 2.04. The topological polar surface area (TPSA) is 206 Å². The van der Waals surface area contributed by atoms with Gasteiger partial charge in [0.15, 0.2) is 11.6 Å². The van der Waals surface area contributed by atoms with Crippen LogP contribution in [0.15, 0.2) is 48.5 Å². The number of hydrogen-bond donors (Lipinski definition) is 3. The molecule has 4 aromatic heterocycles. The van der Waals surface area contributed by atoms with E-state index < -0.39 is 35.0 Å². The maximum atomic E-state index is 17.0. The highest BCUT2D eigenvalue weighted by molar-refractivity contribution is 6.06. The summed E-state index contributed by atoms with van der Waals surface area (Å²) in [6.07, 6.45) is 20.3. The SMILES string of the molecule is C#Cc1c(F)ccc2cc(O)cc(-c3nc(OC)c4c(N5CCCOCC5)nc(OCC56CCCCCN5CCC6)nc4c3F)c12.C#Cc1c(F)ccc2cc(O)cc(-c3nc(OC)c4c(N5CCOCC(C)(O)C5)nc(OCC5(CN6CCC(F)C6)CC5)nc4c3F)c12. The number of halogens is 5. The Labute approximate surface area is 540 Å². The lowest BCUT2D eigenvalue weighted by Crippen LogP contribution is -2.48. The molecule has 492 valence electrons. The Balaban J connectivity index is 0.000000171. The molecule has 8 aromatic rings. The highest BCUT2D eigenvalue weighted by Gasteiger charge is 2.47. The second kappa shape index (κ2) is 26.3. The van der Waals surface area contributed by atoms with Crippen LogP contribution < -0.4 is 28.7 Å². The van der Waals surface area contributed by atoms with Crippen LogP contribution >= 0.6 is 0 Å². The van der Waals surface area contributed by atoms with E-state index in [2.05, 4.69) is 41.6 Å². The molecule has 5 saturated heterocycles. The quantitative estimate of drug-likeness (QED) is 0.0684. The number of methoxy groups -OCH3 is 2. The van der Waals surface area contributed by atoms with Gasteiger partial charge in [-0.15, -0.1) is 12.8 Å². The van der Waals surface area contributed by atoms with Crippen molar-refractivity contribution < 1.29 is 65.7 Å². The van der Waals surface area contributed by atoms with Crippen molar-refractivity contribution in [3.63, 3.8) is 0 Å². The molecule has 94 heavy (non-hydrogen) atoms. The number of hydrogen-bond acceptors (Lipinski definition) is 19. The minimum Gasteiger partial charge on any atom is -0.508 e. The third kappa shape index (κ3) is 12.5. The van der Waals surface area contributed by atoms with E-state index in [0.717, 1.165) is 58.0 Å². The lowest BCUT2D eigenvalue weighted by Gasteiger charge is -2.36. The Morgan fingerprint density at radius 3 is 1.76 bits per heavy atom. The van der Waals surface area contributed by atoms with Gasteiger partial charge in [0.25, 0.3) is 0 Å². The van der Waals surface area contributed by atoms with Crippen molar-refractivity contribution in [2.24, 2.45) is 5.41 Å². The zero-order chi connectivity index (χ0) is 65.6. The lowest BCUT2D eigenvalue weighted by molar-refractivity contribution is -0.0123. The first-order valence-corrected chi connectivity index (χ1v) is 31.9. The summed E-state index contributed by atoms with van der Waals surface area (Å²) in [6.45, 7) is 9.09. The molecule has 0 bridgehead atoms. The number of phenols is 2. The second-order valence-electron chi connectivity index (χ2n) is 25.7. The van der Waals surface area contributed by atoms with Crippen LogP contribution in [0.2, 0.25) is 0 Å². The molecule has 6 aliphatic rings. The van der Waals surface area contributed by atoms with E-state index in [-0.39, 0.29) is 139 Å². The fourth-order valence-electron chi connectivity index (χ4n) is 14.2. The highest BCUT2D eigenvalue weighted by atomic mass is 19.1. The van der Waals surface area contributed by atoms with Crippen molar-refractivity contribution in [3.8, 4) is 82.5 Å². The van der Waals surface area contributed by atoms with Crippen LogP contribution in [-0.2, 0) is 9.47 Å². The standard InChI is InChI=1S/C35H36F3N5O5.C35H37F2N5O4/c1-4-23-25(37)6-5-20-13-22(44)14-24(26(20)23)29-28(38)30-27(32(39-29)46-3)31(43-11-12-47-18-34(2,45)16-43)41-33(40-30)48-19-35(8-9-35)17-42-10-7-21(36)15-42;1-3-24-26(36)10-9-22-19-23(43)20-25(27(22)24)30-29(37)31-28(33(38-30)44-2)32(41-13-8-17-45-18-16-41)40-34(39-31)46-21-35-11-5-4-6-14-42(35)15-7-12-35/h1,5-6,13-14,21,44-45H,7-12,15-19H2,2-3H3;1,9-10,19-20,43H,4-8,11-18,21H2,2H3. The van der Waals surface area contributed by atoms with E-state index in [1.165, 1.54) is 75.6 Å². The Kier molecular flexibility index (Phi) is 17.9. The summed E-state index contributed by atoms with van der Waals surface area (Å²) in [5, 5.41) is 33.9. The second-order valence-corrected chi connectivity index (χ2v) is 25.7. The van der Waals surface area contributed by atoms with Gasteiger partial charge in [-0.1, -0.05) is 36.8 Å². The number of aromatic hydroxyl groups is 2. The molecule has 9 heterocycles. The van der Waals surface area contributed by atoms with Gasteiger partial charge in [-0.2, -0.15) is 19.9 Å². The minimum atomic E-state index is -1.26. The van der Waals surface area contributed by atoms with Gasteiger partial charge in [0.1, 0.15) is 86.3 Å². The van der Waals surface area contributed by atoms with Crippen LogP contribution in [-0.4, -0.2) is 185 Å². The average molecular weight is 1290 g/mol. The minimum absolute atomic E-state index is 0.0394. The predicted octanol–water partition coefficient (Wildman–Crippen LogP) is 10.4. The number of rotatable bonds is 14. The van der Waals surface area contributed by atoms with Gasteiger partial charge < -0.3 is 53.5 Å². The average Bonchev–Trinajstić information content (AvgIpc) is 0.971. The lowest BCUT2D eigenvalue weighted by atomic mass is 9.92. The number of likely N-dealkylation sites (tertiary alicyclic amines) is 1. The first-order valence-electron chi connectivity index (χ1n) is 31.9. The summed E-state index contributed by atoms with van der Waals surface area (Å²) in [4.78, 5) is 36.2. The Bertz CT molecular complexity index is 4330. The number of benzene rings is 4. The first kappa shape index (κ1) is 64.1. The van der Waals surface area contributed by atoms with Crippen molar-refractivity contribution >= 4 is 55.0 Å². The molecule has 3 N–H and O–H groups in total. The number of fused-ring (bicyclic) bond motifs is 5. The van der Waals surface area contributed by atoms with Crippen LogP contribution in [0.4, 0.5) is 33.6 Å². The molecule has 1 saturated carbocycles. The first-order chi connectivity index (χ1) is 45.4. The summed E-state index contributed by atoms with van der Waals surface area (Å²) >= 11 is 0. The third-order valence-electron chi connectivity index (χ3n) is 19.0. The summed E-state index contributed by atoms with van der Waals surface area (Å²) in [6, 6.07) is 10.7.